The van der Waals surface area contributed by atoms with Crippen LogP contribution in [0, 0.1) is 6.92 Å². The molecule has 0 aliphatic heterocycles. The molecule has 1 saturated carbocycles. The number of pyridine rings is 1. The van der Waals surface area contributed by atoms with Crippen LogP contribution in [0.5, 0.6) is 0 Å². The van der Waals surface area contributed by atoms with Crippen molar-refractivity contribution in [2.45, 2.75) is 51.2 Å². The number of hydrogen-bond acceptors (Lipinski definition) is 6. The Morgan fingerprint density at radius 3 is 2.51 bits per heavy atom. The van der Waals surface area contributed by atoms with E-state index in [0.717, 1.165) is 76.4 Å². The average Bonchev–Trinajstić information content (AvgIpc) is 3.42. The summed E-state index contributed by atoms with van der Waals surface area (Å²) in [5.41, 5.74) is 7.20. The van der Waals surface area contributed by atoms with E-state index in [1.165, 1.54) is 0 Å². The molecule has 3 heterocycles. The zero-order valence-corrected chi connectivity index (χ0v) is 21.8. The number of benzene rings is 2. The summed E-state index contributed by atoms with van der Waals surface area (Å²) in [6.07, 6.45) is 6.60. The smallest absolute Gasteiger partial charge is 0.407 e. The Balaban J connectivity index is 1.18. The van der Waals surface area contributed by atoms with Gasteiger partial charge in [0.2, 0.25) is 0 Å². The number of ether oxygens (including phenoxy) is 1. The molecule has 6 rings (SSSR count). The molecule has 0 radical (unpaired) electrons. The van der Waals surface area contributed by atoms with Gasteiger partial charge in [-0.15, -0.1) is 0 Å². The van der Waals surface area contributed by atoms with Crippen LogP contribution in [0.4, 0.5) is 4.79 Å². The van der Waals surface area contributed by atoms with Gasteiger partial charge in [-0.2, -0.15) is 0 Å². The summed E-state index contributed by atoms with van der Waals surface area (Å²) in [4.78, 5) is 34.7. The van der Waals surface area contributed by atoms with Crippen molar-refractivity contribution in [1.82, 2.24) is 30.2 Å². The lowest BCUT2D eigenvalue weighted by Gasteiger charge is -2.27. The summed E-state index contributed by atoms with van der Waals surface area (Å²) < 4.78 is 5.41. The first kappa shape index (κ1) is 24.7. The summed E-state index contributed by atoms with van der Waals surface area (Å²) in [6, 6.07) is 21.9. The van der Waals surface area contributed by atoms with Gasteiger partial charge in [-0.25, -0.2) is 9.78 Å². The molecule has 2 N–H and O–H groups in total. The molecule has 1 amide bonds. The molecule has 2 aromatic carbocycles. The van der Waals surface area contributed by atoms with Gasteiger partial charge in [-0.3, -0.25) is 15.0 Å². The number of aromatic nitrogens is 5. The molecule has 196 valence electrons. The van der Waals surface area contributed by atoms with Gasteiger partial charge in [-0.05, 0) is 62.4 Å². The zero-order valence-electron chi connectivity index (χ0n) is 21.8. The van der Waals surface area contributed by atoms with Crippen LogP contribution in [0.2, 0.25) is 0 Å². The van der Waals surface area contributed by atoms with Crippen molar-refractivity contribution in [2.75, 3.05) is 0 Å². The van der Waals surface area contributed by atoms with E-state index in [-0.39, 0.29) is 24.7 Å². The lowest BCUT2D eigenvalue weighted by Crippen LogP contribution is -2.37. The van der Waals surface area contributed by atoms with Gasteiger partial charge in [-0.1, -0.05) is 42.5 Å². The predicted octanol–water partition coefficient (Wildman–Crippen LogP) is 6.34. The van der Waals surface area contributed by atoms with Gasteiger partial charge in [0, 0.05) is 35.6 Å². The van der Waals surface area contributed by atoms with E-state index in [2.05, 4.69) is 20.3 Å². The number of aryl methyl sites for hydroxylation is 1. The number of nitrogens with zero attached hydrogens (tertiary/aromatic N) is 4. The van der Waals surface area contributed by atoms with Gasteiger partial charge in [0.05, 0.1) is 28.1 Å². The van der Waals surface area contributed by atoms with Crippen LogP contribution in [0.15, 0.2) is 79.1 Å². The van der Waals surface area contributed by atoms with Crippen molar-refractivity contribution in [3.63, 3.8) is 0 Å². The minimum absolute atomic E-state index is 0.0935. The molecule has 0 bridgehead atoms. The number of amides is 1. The molecule has 0 saturated heterocycles. The normalized spacial score (nSPS) is 17.2. The highest BCUT2D eigenvalue weighted by molar-refractivity contribution is 5.84. The van der Waals surface area contributed by atoms with Crippen LogP contribution in [0.3, 0.4) is 0 Å². The Morgan fingerprint density at radius 2 is 1.72 bits per heavy atom. The van der Waals surface area contributed by atoms with Crippen LogP contribution < -0.4 is 5.32 Å². The van der Waals surface area contributed by atoms with Gasteiger partial charge in [0.1, 0.15) is 12.4 Å². The van der Waals surface area contributed by atoms with Crippen molar-refractivity contribution in [3.8, 4) is 22.6 Å². The van der Waals surface area contributed by atoms with Crippen LogP contribution >= 0.6 is 0 Å². The number of aromatic amines is 1. The number of carbonyl (C=O) groups is 1. The van der Waals surface area contributed by atoms with E-state index in [0.29, 0.717) is 0 Å². The molecule has 1 aliphatic rings. The summed E-state index contributed by atoms with van der Waals surface area (Å²) in [5.74, 6) is 1.22. The number of hydrogen-bond donors (Lipinski definition) is 2. The third kappa shape index (κ3) is 5.65. The number of imidazole rings is 1. The SMILES string of the molecule is Cc1cccc(-c2[nH]c(C3CCC(NC(=O)OCc4ccccc4)CC3)nc2-c2ccc3nccnc3c2)n1. The van der Waals surface area contributed by atoms with Crippen LogP contribution in [-0.2, 0) is 11.3 Å². The highest BCUT2D eigenvalue weighted by atomic mass is 16.5. The van der Waals surface area contributed by atoms with E-state index in [4.69, 9.17) is 14.7 Å². The second kappa shape index (κ2) is 11.0. The van der Waals surface area contributed by atoms with Gasteiger partial charge < -0.3 is 15.0 Å². The molecule has 0 unspecified atom stereocenters. The number of carbonyl (C=O) groups excluding carboxylic acids is 1. The molecule has 39 heavy (non-hydrogen) atoms. The van der Waals surface area contributed by atoms with Crippen LogP contribution in [0.1, 0.15) is 48.7 Å². The van der Waals surface area contributed by atoms with Gasteiger partial charge in [0.15, 0.2) is 0 Å². The number of fused-ring (bicyclic) bond motifs is 1. The highest BCUT2D eigenvalue weighted by Crippen LogP contribution is 2.37. The molecule has 0 atom stereocenters. The largest absolute Gasteiger partial charge is 0.445 e. The second-order valence-corrected chi connectivity index (χ2v) is 10.0. The summed E-state index contributed by atoms with van der Waals surface area (Å²) in [5, 5.41) is 3.04. The van der Waals surface area contributed by atoms with Crippen molar-refractivity contribution < 1.29 is 9.53 Å². The van der Waals surface area contributed by atoms with Crippen LogP contribution in [-0.4, -0.2) is 37.1 Å². The maximum atomic E-state index is 12.4. The van der Waals surface area contributed by atoms with E-state index < -0.39 is 0 Å². The number of alkyl carbamates (subject to hydrolysis) is 1. The standard InChI is InChI=1S/C31H30N6O2/c1-20-6-5-9-26(34-20)29-28(23-12-15-25-27(18-23)33-17-16-32-25)36-30(37-29)22-10-13-24(14-11-22)35-31(38)39-19-21-7-3-2-4-8-21/h2-9,12,15-18,22,24H,10-11,13-14,19H2,1H3,(H,35,38)(H,36,37). The van der Waals surface area contributed by atoms with E-state index in [9.17, 15) is 4.79 Å². The summed E-state index contributed by atoms with van der Waals surface area (Å²) >= 11 is 0. The Bertz CT molecular complexity index is 1590. The summed E-state index contributed by atoms with van der Waals surface area (Å²) in [6.45, 7) is 2.26. The first-order chi connectivity index (χ1) is 19.1. The van der Waals surface area contributed by atoms with E-state index in [1.54, 1.807) is 12.4 Å². The van der Waals surface area contributed by atoms with E-state index in [1.807, 2.05) is 73.7 Å². The minimum atomic E-state index is -0.366. The Hall–Kier alpha value is -4.59. The number of nitrogens with one attached hydrogen (secondary N) is 2. The Labute approximate surface area is 226 Å². The lowest BCUT2D eigenvalue weighted by atomic mass is 9.85. The lowest BCUT2D eigenvalue weighted by molar-refractivity contribution is 0.132. The number of rotatable bonds is 6. The molecule has 5 aromatic rings. The molecular formula is C31H30N6O2. The fraction of sp³-hybridized carbons (Fsp3) is 0.258. The molecule has 3 aromatic heterocycles. The first-order valence-corrected chi connectivity index (χ1v) is 13.3. The fourth-order valence-corrected chi connectivity index (χ4v) is 5.21. The summed E-state index contributed by atoms with van der Waals surface area (Å²) in [7, 11) is 0. The molecule has 8 heteroatoms. The van der Waals surface area contributed by atoms with Crippen molar-refractivity contribution in [2.24, 2.45) is 0 Å². The molecule has 1 fully saturated rings. The average molecular weight is 519 g/mol. The number of H-pyrrole nitrogens is 1. The second-order valence-electron chi connectivity index (χ2n) is 10.0. The predicted molar refractivity (Wildman–Crippen MR) is 150 cm³/mol. The molecule has 8 nitrogen and oxygen atoms in total. The highest BCUT2D eigenvalue weighted by Gasteiger charge is 2.27. The maximum absolute atomic E-state index is 12.4. The molecule has 0 spiro atoms. The van der Waals surface area contributed by atoms with Gasteiger partial charge in [0.25, 0.3) is 0 Å². The molecule has 1 aliphatic carbocycles. The topological polar surface area (TPSA) is 106 Å². The van der Waals surface area contributed by atoms with Gasteiger partial charge >= 0.3 is 6.09 Å². The molecular weight excluding hydrogens is 488 g/mol. The fourth-order valence-electron chi connectivity index (χ4n) is 5.21. The zero-order chi connectivity index (χ0) is 26.6. The van der Waals surface area contributed by atoms with Crippen molar-refractivity contribution in [1.29, 1.82) is 0 Å². The Morgan fingerprint density at radius 1 is 0.923 bits per heavy atom. The monoisotopic (exact) mass is 518 g/mol. The Kier molecular flexibility index (Phi) is 6.99. The first-order valence-electron chi connectivity index (χ1n) is 13.3. The minimum Gasteiger partial charge on any atom is -0.445 e. The maximum Gasteiger partial charge on any atom is 0.407 e. The van der Waals surface area contributed by atoms with Crippen molar-refractivity contribution >= 4 is 17.1 Å². The van der Waals surface area contributed by atoms with Crippen molar-refractivity contribution in [3.05, 3.63) is 96.2 Å². The van der Waals surface area contributed by atoms with Crippen LogP contribution in [0.25, 0.3) is 33.7 Å². The third-order valence-corrected chi connectivity index (χ3v) is 7.26. The quantitative estimate of drug-likeness (QED) is 0.272. The van der Waals surface area contributed by atoms with E-state index >= 15 is 0 Å². The third-order valence-electron chi connectivity index (χ3n) is 7.26.